The van der Waals surface area contributed by atoms with Crippen LogP contribution in [0.2, 0.25) is 0 Å². The molecule has 10 nitrogen and oxygen atoms in total. The largest absolute Gasteiger partial charge is 0.474 e. The normalized spacial score (nSPS) is 17.3. The molecular formula is C22H26F2N8O2. The molecular weight excluding hydrogens is 446 g/mol. The molecule has 34 heavy (non-hydrogen) atoms. The number of anilines is 2. The summed E-state index contributed by atoms with van der Waals surface area (Å²) < 4.78 is 35.7. The van der Waals surface area contributed by atoms with E-state index in [4.69, 9.17) is 9.84 Å². The maximum atomic E-state index is 14.3. The van der Waals surface area contributed by atoms with Crippen LogP contribution in [-0.2, 0) is 10.7 Å². The van der Waals surface area contributed by atoms with E-state index >= 15 is 0 Å². The number of piperazine rings is 1. The number of likely N-dealkylation sites (N-methyl/N-ethyl adjacent to an activating group) is 1. The van der Waals surface area contributed by atoms with Gasteiger partial charge >= 0.3 is 5.92 Å². The lowest BCUT2D eigenvalue weighted by Crippen LogP contribution is -2.44. The summed E-state index contributed by atoms with van der Waals surface area (Å²) in [5.41, 5.74) is 0.578. The highest BCUT2D eigenvalue weighted by molar-refractivity contribution is 5.95. The minimum atomic E-state index is -3.26. The van der Waals surface area contributed by atoms with Gasteiger partial charge in [-0.1, -0.05) is 0 Å². The van der Waals surface area contributed by atoms with Gasteiger partial charge in [-0.05, 0) is 19.9 Å². The summed E-state index contributed by atoms with van der Waals surface area (Å²) >= 11 is 0. The number of ether oxygens (including phenoxy) is 1. The Morgan fingerprint density at radius 3 is 2.56 bits per heavy atom. The molecule has 0 radical (unpaired) electrons. The number of aromatic nitrogens is 5. The zero-order valence-corrected chi connectivity index (χ0v) is 19.3. The average Bonchev–Trinajstić information content (AvgIpc) is 3.50. The Morgan fingerprint density at radius 1 is 1.18 bits per heavy atom. The highest BCUT2D eigenvalue weighted by Gasteiger charge is 2.32. The van der Waals surface area contributed by atoms with E-state index in [1.54, 1.807) is 12.3 Å². The minimum absolute atomic E-state index is 0.0214. The number of pyridine rings is 1. The fourth-order valence-corrected chi connectivity index (χ4v) is 3.80. The number of nitrogens with zero attached hydrogens (tertiary/aromatic N) is 7. The van der Waals surface area contributed by atoms with Gasteiger partial charge in [-0.2, -0.15) is 13.8 Å². The number of nitrogens with one attached hydrogen (secondary N) is 1. The molecule has 3 aromatic rings. The van der Waals surface area contributed by atoms with Gasteiger partial charge in [0.25, 0.3) is 0 Å². The average molecular weight is 473 g/mol. The molecule has 1 saturated heterocycles. The van der Waals surface area contributed by atoms with Gasteiger partial charge in [-0.25, -0.2) is 14.6 Å². The fourth-order valence-electron chi connectivity index (χ4n) is 3.80. The van der Waals surface area contributed by atoms with Crippen molar-refractivity contribution in [2.45, 2.75) is 38.7 Å². The molecule has 0 unspecified atom stereocenters. The summed E-state index contributed by atoms with van der Waals surface area (Å²) in [5.74, 6) is -2.91. The van der Waals surface area contributed by atoms with Crippen LogP contribution >= 0.6 is 0 Å². The highest BCUT2D eigenvalue weighted by Crippen LogP contribution is 2.33. The van der Waals surface area contributed by atoms with Gasteiger partial charge in [0.15, 0.2) is 11.6 Å². The minimum Gasteiger partial charge on any atom is -0.474 e. The monoisotopic (exact) mass is 472 g/mol. The van der Waals surface area contributed by atoms with Crippen LogP contribution < -0.4 is 15.0 Å². The Balaban J connectivity index is 1.66. The predicted molar refractivity (Wildman–Crippen MR) is 122 cm³/mol. The van der Waals surface area contributed by atoms with E-state index in [-0.39, 0.29) is 23.7 Å². The lowest BCUT2D eigenvalue weighted by Gasteiger charge is -2.32. The van der Waals surface area contributed by atoms with Crippen LogP contribution in [0.3, 0.4) is 0 Å². The van der Waals surface area contributed by atoms with E-state index in [1.165, 1.54) is 17.7 Å². The van der Waals surface area contributed by atoms with Gasteiger partial charge in [-0.3, -0.25) is 4.79 Å². The summed E-state index contributed by atoms with van der Waals surface area (Å²) in [6.07, 6.45) is 3.34. The Morgan fingerprint density at radius 2 is 1.91 bits per heavy atom. The van der Waals surface area contributed by atoms with Crippen molar-refractivity contribution in [3.63, 3.8) is 0 Å². The summed E-state index contributed by atoms with van der Waals surface area (Å²) in [4.78, 5) is 28.4. The van der Waals surface area contributed by atoms with Crippen LogP contribution in [0.4, 0.5) is 20.4 Å². The van der Waals surface area contributed by atoms with Crippen LogP contribution in [0.25, 0.3) is 16.7 Å². The number of fused-ring (bicyclic) bond motifs is 1. The van der Waals surface area contributed by atoms with Gasteiger partial charge in [-0.15, -0.1) is 5.10 Å². The van der Waals surface area contributed by atoms with E-state index < -0.39 is 11.7 Å². The van der Waals surface area contributed by atoms with Crippen molar-refractivity contribution in [2.24, 2.45) is 0 Å². The molecule has 1 aliphatic heterocycles. The van der Waals surface area contributed by atoms with Gasteiger partial charge in [0.05, 0.1) is 10.9 Å². The summed E-state index contributed by atoms with van der Waals surface area (Å²) in [5, 5.41) is 8.16. The lowest BCUT2D eigenvalue weighted by molar-refractivity contribution is -0.114. The van der Waals surface area contributed by atoms with Crippen LogP contribution in [0.5, 0.6) is 5.88 Å². The van der Waals surface area contributed by atoms with Gasteiger partial charge in [0, 0.05) is 58.4 Å². The number of alkyl halides is 2. The van der Waals surface area contributed by atoms with E-state index in [0.29, 0.717) is 17.2 Å². The van der Waals surface area contributed by atoms with Crippen molar-refractivity contribution < 1.29 is 18.3 Å². The number of amides is 1. The number of hydrogen-bond donors (Lipinski definition) is 1. The summed E-state index contributed by atoms with van der Waals surface area (Å²) in [7, 11) is 2.06. The molecule has 0 atom stereocenters. The van der Waals surface area contributed by atoms with E-state index in [1.807, 2.05) is 0 Å². The first-order valence-corrected chi connectivity index (χ1v) is 11.2. The summed E-state index contributed by atoms with van der Waals surface area (Å²) in [6, 6.07) is 3.18. The first kappa shape index (κ1) is 22.4. The van der Waals surface area contributed by atoms with Crippen molar-refractivity contribution in [3.8, 4) is 11.7 Å². The van der Waals surface area contributed by atoms with E-state index in [2.05, 4.69) is 37.1 Å². The zero-order valence-electron chi connectivity index (χ0n) is 19.3. The second-order valence-electron chi connectivity index (χ2n) is 8.89. The fraction of sp³-hybridized carbons (Fsp3) is 0.500. The number of hydrogen-bond acceptors (Lipinski definition) is 8. The number of carbonyl (C=O) groups is 1. The van der Waals surface area contributed by atoms with Gasteiger partial charge in [0.1, 0.15) is 11.9 Å². The zero-order chi connectivity index (χ0) is 24.0. The van der Waals surface area contributed by atoms with Crippen LogP contribution in [-0.4, -0.2) is 74.9 Å². The van der Waals surface area contributed by atoms with Crippen molar-refractivity contribution in [2.75, 3.05) is 43.4 Å². The van der Waals surface area contributed by atoms with E-state index in [9.17, 15) is 13.6 Å². The third-order valence-corrected chi connectivity index (χ3v) is 5.76. The molecule has 3 aromatic heterocycles. The summed E-state index contributed by atoms with van der Waals surface area (Å²) in [6.45, 7) is 5.39. The van der Waals surface area contributed by atoms with Crippen LogP contribution in [0, 0.1) is 0 Å². The van der Waals surface area contributed by atoms with Gasteiger partial charge < -0.3 is 19.9 Å². The Bertz CT molecular complexity index is 1230. The molecule has 0 spiro atoms. The number of halogens is 2. The third-order valence-electron chi connectivity index (χ3n) is 5.76. The molecule has 2 fully saturated rings. The molecule has 1 amide bonds. The van der Waals surface area contributed by atoms with Crippen molar-refractivity contribution in [1.29, 1.82) is 0 Å². The van der Waals surface area contributed by atoms with Gasteiger partial charge in [0.2, 0.25) is 17.6 Å². The van der Waals surface area contributed by atoms with E-state index in [0.717, 1.165) is 51.3 Å². The molecule has 1 aliphatic carbocycles. The Labute approximate surface area is 194 Å². The topological polar surface area (TPSA) is 101 Å². The SMILES string of the molecule is CC(=O)Nc1cc2c(cn1)c(N1CCN(C)CC1)nn2-c1cc(OC2CC2)nc(C(C)(F)F)n1. The molecule has 180 valence electrons. The van der Waals surface area contributed by atoms with Crippen molar-refractivity contribution >= 4 is 28.4 Å². The third kappa shape index (κ3) is 4.63. The smallest absolute Gasteiger partial charge is 0.304 e. The maximum absolute atomic E-state index is 14.3. The standard InChI is InChI=1S/C22H26F2N8O2/c1-13(33)26-17-10-16-15(12-25-17)20(31-8-6-30(3)7-9-31)29-32(16)18-11-19(34-14-4-5-14)28-21(27-18)22(2,23)24/h10-12,14H,4-9H2,1-3H3,(H,25,26,33). The predicted octanol–water partition coefficient (Wildman–Crippen LogP) is 2.57. The Hall–Kier alpha value is -3.41. The quantitative estimate of drug-likeness (QED) is 0.584. The second kappa shape index (κ2) is 8.42. The molecule has 1 saturated carbocycles. The van der Waals surface area contributed by atoms with Crippen molar-refractivity contribution in [3.05, 3.63) is 24.2 Å². The molecule has 1 N–H and O–H groups in total. The van der Waals surface area contributed by atoms with Crippen LogP contribution in [0.15, 0.2) is 18.3 Å². The molecule has 5 rings (SSSR count). The Kier molecular flexibility index (Phi) is 5.54. The first-order valence-electron chi connectivity index (χ1n) is 11.2. The molecule has 12 heteroatoms. The maximum Gasteiger partial charge on any atom is 0.304 e. The number of rotatable bonds is 6. The second-order valence-corrected chi connectivity index (χ2v) is 8.89. The molecule has 4 heterocycles. The van der Waals surface area contributed by atoms with Crippen LogP contribution in [0.1, 0.15) is 32.5 Å². The first-order chi connectivity index (χ1) is 16.2. The highest BCUT2D eigenvalue weighted by atomic mass is 19.3. The molecule has 2 aliphatic rings. The molecule has 0 bridgehead atoms. The number of carbonyl (C=O) groups excluding carboxylic acids is 1. The molecule has 0 aromatic carbocycles. The lowest BCUT2D eigenvalue weighted by atomic mass is 10.2. The van der Waals surface area contributed by atoms with Crippen molar-refractivity contribution in [1.82, 2.24) is 29.6 Å².